The molecule has 4 rings (SSSR count). The van der Waals surface area contributed by atoms with Crippen LogP contribution in [0.2, 0.25) is 0 Å². The van der Waals surface area contributed by atoms with E-state index in [4.69, 9.17) is 14.2 Å². The van der Waals surface area contributed by atoms with E-state index in [2.05, 4.69) is 5.32 Å². The van der Waals surface area contributed by atoms with E-state index < -0.39 is 18.0 Å². The van der Waals surface area contributed by atoms with Crippen molar-refractivity contribution in [2.45, 2.75) is 25.2 Å². The lowest BCUT2D eigenvalue weighted by atomic mass is 10.1. The van der Waals surface area contributed by atoms with Crippen molar-refractivity contribution < 1.29 is 27.8 Å². The number of carbonyl (C=O) groups excluding carboxylic acids is 1. The molecule has 0 aromatic heterocycles. The van der Waals surface area contributed by atoms with Gasteiger partial charge in [0.25, 0.3) is 12.2 Å². The topological polar surface area (TPSA) is 56.8 Å². The van der Waals surface area contributed by atoms with Crippen molar-refractivity contribution >= 4 is 5.91 Å². The molecule has 1 amide bonds. The Kier molecular flexibility index (Phi) is 4.46. The van der Waals surface area contributed by atoms with Crippen molar-refractivity contribution in [1.29, 1.82) is 0 Å². The number of carbonyl (C=O) groups is 1. The highest BCUT2D eigenvalue weighted by atomic mass is 19.1. The molecule has 0 spiro atoms. The SMILES string of the molecule is O=C(NCC1CCCO1)c1cc2c(cc1F)OC(c1ccc(F)cc1)O2. The highest BCUT2D eigenvalue weighted by Crippen LogP contribution is 2.41. The average Bonchev–Trinajstić information content (AvgIpc) is 3.28. The van der Waals surface area contributed by atoms with Crippen LogP contribution in [-0.4, -0.2) is 25.2 Å². The molecule has 26 heavy (non-hydrogen) atoms. The summed E-state index contributed by atoms with van der Waals surface area (Å²) >= 11 is 0. The van der Waals surface area contributed by atoms with Gasteiger partial charge in [-0.15, -0.1) is 0 Å². The molecule has 2 atom stereocenters. The van der Waals surface area contributed by atoms with Crippen molar-refractivity contribution in [2.24, 2.45) is 0 Å². The van der Waals surface area contributed by atoms with Gasteiger partial charge in [-0.05, 0) is 43.2 Å². The fourth-order valence-electron chi connectivity index (χ4n) is 3.01. The highest BCUT2D eigenvalue weighted by Gasteiger charge is 2.29. The lowest BCUT2D eigenvalue weighted by molar-refractivity contribution is 0.0485. The van der Waals surface area contributed by atoms with Crippen LogP contribution in [0.1, 0.15) is 35.1 Å². The summed E-state index contributed by atoms with van der Waals surface area (Å²) in [5.41, 5.74) is 0.470. The first-order valence-corrected chi connectivity index (χ1v) is 8.42. The summed E-state index contributed by atoms with van der Waals surface area (Å²) in [7, 11) is 0. The molecule has 2 aromatic rings. The lowest BCUT2D eigenvalue weighted by Crippen LogP contribution is -2.32. The number of hydrogen-bond donors (Lipinski definition) is 1. The summed E-state index contributed by atoms with van der Waals surface area (Å²) in [6.07, 6.45) is 1.00. The lowest BCUT2D eigenvalue weighted by Gasteiger charge is -2.11. The first-order valence-electron chi connectivity index (χ1n) is 8.42. The third-order valence-electron chi connectivity index (χ3n) is 4.40. The normalized spacial score (nSPS) is 21.0. The zero-order valence-electron chi connectivity index (χ0n) is 13.8. The van der Waals surface area contributed by atoms with Crippen LogP contribution in [0.15, 0.2) is 36.4 Å². The van der Waals surface area contributed by atoms with Crippen LogP contribution in [0.3, 0.4) is 0 Å². The number of benzene rings is 2. The zero-order chi connectivity index (χ0) is 18.1. The second kappa shape index (κ2) is 6.92. The molecule has 1 N–H and O–H groups in total. The molecule has 0 aliphatic carbocycles. The van der Waals surface area contributed by atoms with E-state index in [1.807, 2.05) is 0 Å². The van der Waals surface area contributed by atoms with Gasteiger partial charge in [-0.3, -0.25) is 4.79 Å². The molecule has 5 nitrogen and oxygen atoms in total. The molecule has 1 saturated heterocycles. The number of hydrogen-bond acceptors (Lipinski definition) is 4. The molecule has 0 saturated carbocycles. The summed E-state index contributed by atoms with van der Waals surface area (Å²) in [6.45, 7) is 1.02. The summed E-state index contributed by atoms with van der Waals surface area (Å²) in [5.74, 6) is -1.14. The molecular formula is C19H17F2NO4. The van der Waals surface area contributed by atoms with E-state index in [1.54, 1.807) is 0 Å². The van der Waals surface area contributed by atoms with Gasteiger partial charge in [0.05, 0.1) is 11.7 Å². The van der Waals surface area contributed by atoms with E-state index in [1.165, 1.54) is 30.3 Å². The second-order valence-corrected chi connectivity index (χ2v) is 6.24. The number of nitrogens with one attached hydrogen (secondary N) is 1. The van der Waals surface area contributed by atoms with Crippen LogP contribution in [0.5, 0.6) is 11.5 Å². The van der Waals surface area contributed by atoms with Crippen LogP contribution in [0, 0.1) is 11.6 Å². The summed E-state index contributed by atoms with van der Waals surface area (Å²) in [4.78, 5) is 12.3. The third kappa shape index (κ3) is 3.35. The van der Waals surface area contributed by atoms with Gasteiger partial charge in [-0.1, -0.05) is 0 Å². The largest absolute Gasteiger partial charge is 0.447 e. The maximum atomic E-state index is 14.3. The number of halogens is 2. The Hall–Kier alpha value is -2.67. The van der Waals surface area contributed by atoms with E-state index in [-0.39, 0.29) is 29.0 Å². The summed E-state index contributed by atoms with van der Waals surface area (Å²) in [5, 5.41) is 2.68. The fraction of sp³-hybridized carbons (Fsp3) is 0.316. The maximum absolute atomic E-state index is 14.3. The molecule has 2 heterocycles. The molecular weight excluding hydrogens is 344 g/mol. The Labute approximate surface area is 148 Å². The van der Waals surface area contributed by atoms with Crippen molar-refractivity contribution in [2.75, 3.05) is 13.2 Å². The number of rotatable bonds is 4. The quantitative estimate of drug-likeness (QED) is 0.908. The third-order valence-corrected chi connectivity index (χ3v) is 4.40. The first-order chi connectivity index (χ1) is 12.6. The van der Waals surface area contributed by atoms with Gasteiger partial charge in [0.15, 0.2) is 11.5 Å². The molecule has 2 aromatic carbocycles. The second-order valence-electron chi connectivity index (χ2n) is 6.24. The smallest absolute Gasteiger partial charge is 0.267 e. The van der Waals surface area contributed by atoms with Gasteiger partial charge < -0.3 is 19.5 Å². The average molecular weight is 361 g/mol. The van der Waals surface area contributed by atoms with Gasteiger partial charge in [-0.2, -0.15) is 0 Å². The predicted molar refractivity (Wildman–Crippen MR) is 88.1 cm³/mol. The van der Waals surface area contributed by atoms with E-state index in [0.29, 0.717) is 18.7 Å². The summed E-state index contributed by atoms with van der Waals surface area (Å²) in [6, 6.07) is 8.07. The molecule has 2 unspecified atom stereocenters. The van der Waals surface area contributed by atoms with Crippen LogP contribution in [0.25, 0.3) is 0 Å². The highest BCUT2D eigenvalue weighted by molar-refractivity contribution is 5.95. The number of fused-ring (bicyclic) bond motifs is 1. The van der Waals surface area contributed by atoms with Gasteiger partial charge in [0, 0.05) is 24.8 Å². The molecule has 1 fully saturated rings. The maximum Gasteiger partial charge on any atom is 0.267 e. The van der Waals surface area contributed by atoms with Crippen molar-refractivity contribution in [3.8, 4) is 11.5 Å². The van der Waals surface area contributed by atoms with Crippen LogP contribution in [-0.2, 0) is 4.74 Å². The Morgan fingerprint density at radius 3 is 2.54 bits per heavy atom. The van der Waals surface area contributed by atoms with Crippen LogP contribution in [0.4, 0.5) is 8.78 Å². The van der Waals surface area contributed by atoms with E-state index >= 15 is 0 Å². The van der Waals surface area contributed by atoms with E-state index in [0.717, 1.165) is 18.9 Å². The van der Waals surface area contributed by atoms with E-state index in [9.17, 15) is 13.6 Å². The van der Waals surface area contributed by atoms with Crippen molar-refractivity contribution in [3.05, 3.63) is 59.2 Å². The van der Waals surface area contributed by atoms with Gasteiger partial charge in [0.2, 0.25) is 0 Å². The first kappa shape index (κ1) is 16.8. The minimum atomic E-state index is -0.810. The van der Waals surface area contributed by atoms with Crippen LogP contribution >= 0.6 is 0 Å². The van der Waals surface area contributed by atoms with Crippen LogP contribution < -0.4 is 14.8 Å². The molecule has 7 heteroatoms. The van der Waals surface area contributed by atoms with Crippen molar-refractivity contribution in [1.82, 2.24) is 5.32 Å². The Morgan fingerprint density at radius 1 is 1.12 bits per heavy atom. The zero-order valence-corrected chi connectivity index (χ0v) is 13.8. The predicted octanol–water partition coefficient (Wildman–Crippen LogP) is 3.34. The minimum Gasteiger partial charge on any atom is -0.447 e. The molecule has 0 bridgehead atoms. The van der Waals surface area contributed by atoms with Gasteiger partial charge in [-0.25, -0.2) is 8.78 Å². The molecule has 2 aliphatic heterocycles. The number of ether oxygens (including phenoxy) is 3. The Morgan fingerprint density at radius 2 is 1.85 bits per heavy atom. The van der Waals surface area contributed by atoms with Gasteiger partial charge >= 0.3 is 0 Å². The Bertz CT molecular complexity index is 819. The van der Waals surface area contributed by atoms with Crippen molar-refractivity contribution in [3.63, 3.8) is 0 Å². The summed E-state index contributed by atoms with van der Waals surface area (Å²) < 4.78 is 44.0. The standard InChI is InChI=1S/C19H17F2NO4/c20-12-5-3-11(4-6-12)19-25-16-8-14(15(21)9-17(16)26-19)18(23)22-10-13-2-1-7-24-13/h3-6,8-9,13,19H,1-2,7,10H2,(H,22,23). The molecule has 136 valence electrons. The monoisotopic (exact) mass is 361 g/mol. The Balaban J connectivity index is 1.47. The molecule has 0 radical (unpaired) electrons. The molecule has 2 aliphatic rings. The van der Waals surface area contributed by atoms with Gasteiger partial charge in [0.1, 0.15) is 11.6 Å². The minimum absolute atomic E-state index is 0.0288. The number of amides is 1. The fourth-order valence-corrected chi connectivity index (χ4v) is 3.01.